The predicted octanol–water partition coefficient (Wildman–Crippen LogP) is 2.29. The summed E-state index contributed by atoms with van der Waals surface area (Å²) in [4.78, 5) is 16.8. The molecule has 2 atom stereocenters. The number of fused-ring (bicyclic) bond motifs is 2. The largest absolute Gasteiger partial charge is 0.497 e. The first-order valence-corrected chi connectivity index (χ1v) is 8.09. The van der Waals surface area contributed by atoms with Crippen LogP contribution < -0.4 is 4.74 Å². The van der Waals surface area contributed by atoms with Crippen LogP contribution in [0.2, 0.25) is 0 Å². The van der Waals surface area contributed by atoms with E-state index in [2.05, 4.69) is 15.1 Å². The van der Waals surface area contributed by atoms with Crippen molar-refractivity contribution in [1.29, 1.82) is 0 Å². The van der Waals surface area contributed by atoms with E-state index in [9.17, 15) is 4.79 Å². The molecule has 0 spiro atoms. The second kappa shape index (κ2) is 5.68. The first-order valence-electron chi connectivity index (χ1n) is 8.09. The lowest BCUT2D eigenvalue weighted by Crippen LogP contribution is -2.47. The van der Waals surface area contributed by atoms with Crippen LogP contribution in [0.5, 0.6) is 5.75 Å². The Morgan fingerprint density at radius 1 is 1.13 bits per heavy atom. The molecule has 0 N–H and O–H groups in total. The van der Waals surface area contributed by atoms with E-state index in [4.69, 9.17) is 4.74 Å². The van der Waals surface area contributed by atoms with E-state index in [1.807, 2.05) is 24.3 Å². The molecule has 2 aliphatic heterocycles. The maximum absolute atomic E-state index is 13.0. The standard InChI is InChI=1S/C17H20N4O2/c1-23-16-4-2-3-12(9-16)17(22)20-13-5-6-14(20)11-15(10-13)21-18-7-8-19-21/h2-4,7-9,13-15H,5-6,10-11H2,1H3. The van der Waals surface area contributed by atoms with Crippen LogP contribution >= 0.6 is 0 Å². The van der Waals surface area contributed by atoms with Crippen molar-refractivity contribution >= 4 is 5.91 Å². The predicted molar refractivity (Wildman–Crippen MR) is 84.3 cm³/mol. The van der Waals surface area contributed by atoms with Gasteiger partial charge in [-0.25, -0.2) is 0 Å². The second-order valence-electron chi connectivity index (χ2n) is 6.30. The quantitative estimate of drug-likeness (QED) is 0.872. The highest BCUT2D eigenvalue weighted by Gasteiger charge is 2.44. The average Bonchev–Trinajstić information content (AvgIpc) is 3.21. The number of aromatic nitrogens is 3. The zero-order chi connectivity index (χ0) is 15.8. The average molecular weight is 312 g/mol. The van der Waals surface area contributed by atoms with Gasteiger partial charge in [-0.15, -0.1) is 0 Å². The van der Waals surface area contributed by atoms with Crippen molar-refractivity contribution in [2.45, 2.75) is 43.8 Å². The Morgan fingerprint density at radius 3 is 2.48 bits per heavy atom. The third kappa shape index (κ3) is 2.48. The van der Waals surface area contributed by atoms with Gasteiger partial charge in [0, 0.05) is 17.6 Å². The number of hydrogen-bond donors (Lipinski definition) is 0. The van der Waals surface area contributed by atoms with Crippen LogP contribution in [0, 0.1) is 0 Å². The van der Waals surface area contributed by atoms with Crippen molar-refractivity contribution in [3.8, 4) is 5.75 Å². The lowest BCUT2D eigenvalue weighted by molar-refractivity contribution is 0.0512. The molecule has 0 aliphatic carbocycles. The Balaban J connectivity index is 1.55. The van der Waals surface area contributed by atoms with Gasteiger partial charge in [0.05, 0.1) is 25.5 Å². The van der Waals surface area contributed by atoms with Crippen LogP contribution in [-0.2, 0) is 0 Å². The van der Waals surface area contributed by atoms with Crippen LogP contribution in [0.3, 0.4) is 0 Å². The van der Waals surface area contributed by atoms with Crippen molar-refractivity contribution in [3.05, 3.63) is 42.2 Å². The second-order valence-corrected chi connectivity index (χ2v) is 6.30. The third-order valence-electron chi connectivity index (χ3n) is 5.02. The minimum atomic E-state index is 0.114. The molecule has 2 saturated heterocycles. The molecule has 2 unspecified atom stereocenters. The molecule has 23 heavy (non-hydrogen) atoms. The molecule has 0 saturated carbocycles. The van der Waals surface area contributed by atoms with Gasteiger partial charge < -0.3 is 9.64 Å². The molecule has 0 radical (unpaired) electrons. The van der Waals surface area contributed by atoms with Crippen LogP contribution in [0.25, 0.3) is 0 Å². The number of rotatable bonds is 3. The molecule has 1 aromatic carbocycles. The minimum absolute atomic E-state index is 0.114. The van der Waals surface area contributed by atoms with Gasteiger partial charge in [-0.3, -0.25) is 4.79 Å². The lowest BCUT2D eigenvalue weighted by atomic mass is 9.96. The molecule has 2 aromatic rings. The summed E-state index contributed by atoms with van der Waals surface area (Å²) >= 11 is 0. The van der Waals surface area contributed by atoms with E-state index in [0.717, 1.165) is 31.4 Å². The van der Waals surface area contributed by atoms with Gasteiger partial charge in [0.2, 0.25) is 0 Å². The van der Waals surface area contributed by atoms with Crippen molar-refractivity contribution in [2.24, 2.45) is 0 Å². The van der Waals surface area contributed by atoms with Gasteiger partial charge in [-0.1, -0.05) is 6.07 Å². The number of benzene rings is 1. The summed E-state index contributed by atoms with van der Waals surface area (Å²) in [6.07, 6.45) is 7.43. The number of methoxy groups -OCH3 is 1. The van der Waals surface area contributed by atoms with Gasteiger partial charge in [-0.05, 0) is 43.9 Å². The lowest BCUT2D eigenvalue weighted by Gasteiger charge is -2.38. The van der Waals surface area contributed by atoms with E-state index < -0.39 is 0 Å². The van der Waals surface area contributed by atoms with E-state index in [1.165, 1.54) is 0 Å². The number of piperidine rings is 1. The summed E-state index contributed by atoms with van der Waals surface area (Å²) < 4.78 is 5.24. The first kappa shape index (κ1) is 14.2. The Morgan fingerprint density at radius 2 is 1.83 bits per heavy atom. The normalized spacial score (nSPS) is 26.3. The molecule has 1 amide bonds. The van der Waals surface area contributed by atoms with Gasteiger partial charge in [0.15, 0.2) is 0 Å². The molecule has 1 aromatic heterocycles. The van der Waals surface area contributed by atoms with Crippen molar-refractivity contribution < 1.29 is 9.53 Å². The Kier molecular flexibility index (Phi) is 3.52. The summed E-state index contributed by atoms with van der Waals surface area (Å²) in [6, 6.07) is 8.28. The molecule has 120 valence electrons. The van der Waals surface area contributed by atoms with E-state index >= 15 is 0 Å². The first-order chi connectivity index (χ1) is 11.3. The zero-order valence-corrected chi connectivity index (χ0v) is 13.1. The Bertz CT molecular complexity index is 686. The van der Waals surface area contributed by atoms with Crippen LogP contribution in [0.15, 0.2) is 36.7 Å². The molecule has 6 heteroatoms. The summed E-state index contributed by atoms with van der Waals surface area (Å²) in [6.45, 7) is 0. The Hall–Kier alpha value is -2.37. The summed E-state index contributed by atoms with van der Waals surface area (Å²) in [5, 5.41) is 8.55. The molecule has 6 nitrogen and oxygen atoms in total. The van der Waals surface area contributed by atoms with Gasteiger partial charge >= 0.3 is 0 Å². The number of nitrogens with zero attached hydrogens (tertiary/aromatic N) is 4. The molecular formula is C17H20N4O2. The monoisotopic (exact) mass is 312 g/mol. The maximum atomic E-state index is 13.0. The number of ether oxygens (including phenoxy) is 1. The van der Waals surface area contributed by atoms with E-state index in [0.29, 0.717) is 11.6 Å². The van der Waals surface area contributed by atoms with Crippen LogP contribution in [-0.4, -0.2) is 45.0 Å². The third-order valence-corrected chi connectivity index (χ3v) is 5.02. The molecule has 3 heterocycles. The maximum Gasteiger partial charge on any atom is 0.254 e. The molecule has 4 rings (SSSR count). The molecular weight excluding hydrogens is 292 g/mol. The van der Waals surface area contributed by atoms with Gasteiger partial charge in [0.1, 0.15) is 5.75 Å². The minimum Gasteiger partial charge on any atom is -0.497 e. The fourth-order valence-electron chi connectivity index (χ4n) is 3.99. The highest BCUT2D eigenvalue weighted by Crippen LogP contribution is 2.41. The smallest absolute Gasteiger partial charge is 0.254 e. The Labute approximate surface area is 135 Å². The molecule has 2 aliphatic rings. The van der Waals surface area contributed by atoms with Crippen LogP contribution in [0.4, 0.5) is 0 Å². The zero-order valence-electron chi connectivity index (χ0n) is 13.1. The number of carbonyl (C=O) groups is 1. The number of carbonyl (C=O) groups excluding carboxylic acids is 1. The highest BCUT2D eigenvalue weighted by atomic mass is 16.5. The van der Waals surface area contributed by atoms with Crippen molar-refractivity contribution in [1.82, 2.24) is 19.9 Å². The van der Waals surface area contributed by atoms with Gasteiger partial charge in [-0.2, -0.15) is 15.0 Å². The fraction of sp³-hybridized carbons (Fsp3) is 0.471. The summed E-state index contributed by atoms with van der Waals surface area (Å²) in [5.74, 6) is 0.835. The molecule has 2 bridgehead atoms. The van der Waals surface area contributed by atoms with E-state index in [1.54, 1.807) is 24.3 Å². The number of amides is 1. The highest BCUT2D eigenvalue weighted by molar-refractivity contribution is 5.95. The van der Waals surface area contributed by atoms with Gasteiger partial charge in [0.25, 0.3) is 5.91 Å². The number of hydrogen-bond acceptors (Lipinski definition) is 4. The van der Waals surface area contributed by atoms with Crippen molar-refractivity contribution in [2.75, 3.05) is 7.11 Å². The topological polar surface area (TPSA) is 60.2 Å². The van der Waals surface area contributed by atoms with Crippen molar-refractivity contribution in [3.63, 3.8) is 0 Å². The fourth-order valence-corrected chi connectivity index (χ4v) is 3.99. The summed E-state index contributed by atoms with van der Waals surface area (Å²) in [7, 11) is 1.62. The SMILES string of the molecule is COc1cccc(C(=O)N2C3CCC2CC(n2nccn2)C3)c1. The summed E-state index contributed by atoms with van der Waals surface area (Å²) in [5.41, 5.74) is 0.705. The van der Waals surface area contributed by atoms with Crippen LogP contribution in [0.1, 0.15) is 42.1 Å². The molecule has 2 fully saturated rings. The van der Waals surface area contributed by atoms with E-state index in [-0.39, 0.29) is 18.0 Å².